The van der Waals surface area contributed by atoms with Crippen molar-refractivity contribution in [1.29, 1.82) is 5.26 Å². The summed E-state index contributed by atoms with van der Waals surface area (Å²) in [4.78, 5) is 30.4. The molecule has 0 fully saturated rings. The zero-order chi connectivity index (χ0) is 21.8. The van der Waals surface area contributed by atoms with Gasteiger partial charge < -0.3 is 5.32 Å². The van der Waals surface area contributed by atoms with Crippen molar-refractivity contribution in [3.05, 3.63) is 94.3 Å². The van der Waals surface area contributed by atoms with Gasteiger partial charge in [0.15, 0.2) is 5.16 Å². The van der Waals surface area contributed by atoms with E-state index < -0.39 is 0 Å². The molecule has 1 N–H and O–H groups in total. The number of fused-ring (bicyclic) bond motifs is 1. The van der Waals surface area contributed by atoms with E-state index in [0.717, 1.165) is 5.56 Å². The molecule has 0 saturated heterocycles. The number of carbonyl (C=O) groups is 1. The molecule has 0 bridgehead atoms. The van der Waals surface area contributed by atoms with Gasteiger partial charge in [-0.1, -0.05) is 53.7 Å². The van der Waals surface area contributed by atoms with Crippen LogP contribution in [0.25, 0.3) is 16.6 Å². The van der Waals surface area contributed by atoms with Crippen LogP contribution in [0.2, 0.25) is 0 Å². The van der Waals surface area contributed by atoms with E-state index in [9.17, 15) is 14.9 Å². The lowest BCUT2D eigenvalue weighted by Gasteiger charge is -2.13. The molecule has 0 radical (unpaired) electrons. The van der Waals surface area contributed by atoms with Crippen molar-refractivity contribution >= 4 is 34.3 Å². The number of carbonyl (C=O) groups excluding carboxylic acids is 1. The number of hydrogen-bond acceptors (Lipinski definition) is 5. The van der Waals surface area contributed by atoms with Gasteiger partial charge >= 0.3 is 0 Å². The normalized spacial score (nSPS) is 10.6. The van der Waals surface area contributed by atoms with E-state index in [1.165, 1.54) is 16.3 Å². The number of hydrogen-bond donors (Lipinski definition) is 1. The first-order chi connectivity index (χ1) is 15.1. The summed E-state index contributed by atoms with van der Waals surface area (Å²) in [5.41, 5.74) is 3.00. The summed E-state index contributed by atoms with van der Waals surface area (Å²) < 4.78 is 1.53. The van der Waals surface area contributed by atoms with E-state index >= 15 is 0 Å². The van der Waals surface area contributed by atoms with E-state index in [1.54, 1.807) is 42.5 Å². The van der Waals surface area contributed by atoms with Gasteiger partial charge in [-0.25, -0.2) is 4.98 Å². The van der Waals surface area contributed by atoms with Gasteiger partial charge in [0, 0.05) is 0 Å². The molecular formula is C24H18N4O2S. The molecule has 0 aliphatic rings. The molecule has 6 nitrogen and oxygen atoms in total. The molecular weight excluding hydrogens is 408 g/mol. The number of para-hydroxylation sites is 2. The van der Waals surface area contributed by atoms with Gasteiger partial charge in [-0.3, -0.25) is 14.2 Å². The fourth-order valence-electron chi connectivity index (χ4n) is 3.14. The minimum atomic E-state index is -0.287. The van der Waals surface area contributed by atoms with Crippen LogP contribution in [0.5, 0.6) is 0 Å². The van der Waals surface area contributed by atoms with E-state index in [4.69, 9.17) is 0 Å². The van der Waals surface area contributed by atoms with Crippen molar-refractivity contribution in [1.82, 2.24) is 9.55 Å². The summed E-state index contributed by atoms with van der Waals surface area (Å²) in [6, 6.07) is 23.6. The van der Waals surface area contributed by atoms with Crippen LogP contribution in [0.4, 0.5) is 5.69 Å². The van der Waals surface area contributed by atoms with Gasteiger partial charge in [0.25, 0.3) is 5.56 Å². The first-order valence-electron chi connectivity index (χ1n) is 9.57. The molecule has 4 rings (SSSR count). The number of nitriles is 1. The van der Waals surface area contributed by atoms with Gasteiger partial charge in [-0.2, -0.15) is 5.26 Å². The van der Waals surface area contributed by atoms with Crippen molar-refractivity contribution in [3.63, 3.8) is 0 Å². The van der Waals surface area contributed by atoms with Crippen LogP contribution in [-0.4, -0.2) is 21.2 Å². The Morgan fingerprint density at radius 2 is 1.77 bits per heavy atom. The Kier molecular flexibility index (Phi) is 5.83. The van der Waals surface area contributed by atoms with Crippen LogP contribution in [0, 0.1) is 18.3 Å². The third kappa shape index (κ3) is 4.34. The van der Waals surface area contributed by atoms with Crippen LogP contribution in [0.1, 0.15) is 11.1 Å². The van der Waals surface area contributed by atoms with E-state index in [1.807, 2.05) is 37.3 Å². The fraction of sp³-hybridized carbons (Fsp3) is 0.0833. The largest absolute Gasteiger partial charge is 0.324 e. The summed E-state index contributed by atoms with van der Waals surface area (Å²) in [6.45, 7) is 1.98. The molecule has 1 heterocycles. The van der Waals surface area contributed by atoms with Crippen molar-refractivity contribution in [3.8, 4) is 11.8 Å². The van der Waals surface area contributed by atoms with Crippen molar-refractivity contribution in [2.45, 2.75) is 12.1 Å². The zero-order valence-corrected chi connectivity index (χ0v) is 17.5. The second-order valence-electron chi connectivity index (χ2n) is 6.88. The standard InChI is InChI=1S/C24H18N4O2S/c1-16-10-12-18(13-11-16)28-23(30)19-7-3-5-9-21(19)27-24(28)31-15-22(29)26-20-8-4-2-6-17(20)14-25/h2-13H,15H2,1H3,(H,26,29). The summed E-state index contributed by atoms with van der Waals surface area (Å²) in [7, 11) is 0. The first-order valence-corrected chi connectivity index (χ1v) is 10.6. The van der Waals surface area contributed by atoms with E-state index in [0.29, 0.717) is 33.0 Å². The molecule has 0 unspecified atom stereocenters. The average molecular weight is 427 g/mol. The van der Waals surface area contributed by atoms with Crippen LogP contribution < -0.4 is 10.9 Å². The van der Waals surface area contributed by atoms with Crippen LogP contribution >= 0.6 is 11.8 Å². The molecule has 1 amide bonds. The maximum Gasteiger partial charge on any atom is 0.266 e. The number of nitrogens with one attached hydrogen (secondary N) is 1. The predicted molar refractivity (Wildman–Crippen MR) is 123 cm³/mol. The third-order valence-electron chi connectivity index (χ3n) is 4.69. The van der Waals surface area contributed by atoms with Crippen LogP contribution in [0.3, 0.4) is 0 Å². The Labute approximate surface area is 183 Å². The molecule has 1 aromatic heterocycles. The summed E-state index contributed by atoms with van der Waals surface area (Å²) >= 11 is 1.17. The fourth-order valence-corrected chi connectivity index (χ4v) is 3.95. The molecule has 4 aromatic rings. The molecule has 0 aliphatic heterocycles. The van der Waals surface area contributed by atoms with Gasteiger partial charge in [0.05, 0.1) is 33.6 Å². The second kappa shape index (κ2) is 8.86. The molecule has 3 aromatic carbocycles. The Morgan fingerprint density at radius 3 is 2.55 bits per heavy atom. The van der Waals surface area contributed by atoms with Crippen molar-refractivity contribution in [2.75, 3.05) is 11.1 Å². The molecule has 7 heteroatoms. The van der Waals surface area contributed by atoms with Crippen molar-refractivity contribution in [2.24, 2.45) is 0 Å². The predicted octanol–water partition coefficient (Wildman–Crippen LogP) is 4.30. The zero-order valence-electron chi connectivity index (χ0n) is 16.7. The number of amides is 1. The highest BCUT2D eigenvalue weighted by atomic mass is 32.2. The number of thioether (sulfide) groups is 1. The lowest BCUT2D eigenvalue weighted by Crippen LogP contribution is -2.23. The first kappa shape index (κ1) is 20.4. The maximum atomic E-state index is 13.2. The number of anilines is 1. The smallest absolute Gasteiger partial charge is 0.266 e. The van der Waals surface area contributed by atoms with Gasteiger partial charge in [-0.15, -0.1) is 0 Å². The maximum absolute atomic E-state index is 13.2. The Bertz CT molecular complexity index is 1370. The number of aryl methyl sites for hydroxylation is 1. The Morgan fingerprint density at radius 1 is 1.06 bits per heavy atom. The third-order valence-corrected chi connectivity index (χ3v) is 5.63. The average Bonchev–Trinajstić information content (AvgIpc) is 2.79. The minimum Gasteiger partial charge on any atom is -0.324 e. The van der Waals surface area contributed by atoms with Crippen LogP contribution in [0.15, 0.2) is 82.7 Å². The Hall–Kier alpha value is -3.89. The molecule has 0 saturated carbocycles. The van der Waals surface area contributed by atoms with E-state index in [2.05, 4.69) is 16.4 Å². The Balaban J connectivity index is 1.67. The number of nitrogens with zero attached hydrogens (tertiary/aromatic N) is 3. The number of benzene rings is 3. The molecule has 152 valence electrons. The highest BCUT2D eigenvalue weighted by Gasteiger charge is 2.15. The SMILES string of the molecule is Cc1ccc(-n2c(SCC(=O)Nc3ccccc3C#N)nc3ccccc3c2=O)cc1. The van der Waals surface area contributed by atoms with Crippen molar-refractivity contribution < 1.29 is 4.79 Å². The molecule has 0 atom stereocenters. The molecule has 0 aliphatic carbocycles. The minimum absolute atomic E-state index is 0.0381. The summed E-state index contributed by atoms with van der Waals surface area (Å²) in [6.07, 6.45) is 0. The highest BCUT2D eigenvalue weighted by molar-refractivity contribution is 7.99. The lowest BCUT2D eigenvalue weighted by molar-refractivity contribution is -0.113. The van der Waals surface area contributed by atoms with E-state index in [-0.39, 0.29) is 17.2 Å². The number of aromatic nitrogens is 2. The van der Waals surface area contributed by atoms with Gasteiger partial charge in [0.2, 0.25) is 5.91 Å². The quantitative estimate of drug-likeness (QED) is 0.380. The lowest BCUT2D eigenvalue weighted by atomic mass is 10.2. The van der Waals surface area contributed by atoms with Crippen LogP contribution in [-0.2, 0) is 4.79 Å². The highest BCUT2D eigenvalue weighted by Crippen LogP contribution is 2.22. The topological polar surface area (TPSA) is 87.8 Å². The summed E-state index contributed by atoms with van der Waals surface area (Å²) in [5.74, 6) is -0.248. The van der Waals surface area contributed by atoms with Gasteiger partial charge in [0.1, 0.15) is 6.07 Å². The summed E-state index contributed by atoms with van der Waals surface area (Å²) in [5, 5.41) is 12.9. The number of rotatable bonds is 5. The van der Waals surface area contributed by atoms with Gasteiger partial charge in [-0.05, 0) is 43.3 Å². The molecule has 31 heavy (non-hydrogen) atoms. The molecule has 0 spiro atoms. The monoisotopic (exact) mass is 426 g/mol. The second-order valence-corrected chi connectivity index (χ2v) is 7.82.